The number of amides is 3. The molecule has 0 heterocycles. The summed E-state index contributed by atoms with van der Waals surface area (Å²) >= 11 is 0. The molecule has 0 aliphatic rings. The average Bonchev–Trinajstić information content (AvgIpc) is 2.85. The van der Waals surface area contributed by atoms with Crippen LogP contribution in [0.4, 0.5) is 4.79 Å². The van der Waals surface area contributed by atoms with Gasteiger partial charge in [-0.2, -0.15) is 0 Å². The summed E-state index contributed by atoms with van der Waals surface area (Å²) < 4.78 is 11.0. The normalized spacial score (nSPS) is 13.8. The van der Waals surface area contributed by atoms with Crippen LogP contribution in [0, 0.1) is 6.92 Å². The maximum atomic E-state index is 14.1. The van der Waals surface area contributed by atoms with Crippen molar-refractivity contribution in [1.29, 1.82) is 0 Å². The van der Waals surface area contributed by atoms with Crippen molar-refractivity contribution in [2.45, 2.75) is 98.1 Å². The summed E-state index contributed by atoms with van der Waals surface area (Å²) in [7, 11) is 0. The highest BCUT2D eigenvalue weighted by Crippen LogP contribution is 2.26. The van der Waals surface area contributed by atoms with Gasteiger partial charge in [-0.25, -0.2) is 9.59 Å². The Kier molecular flexibility index (Phi) is 11.5. The van der Waals surface area contributed by atoms with Gasteiger partial charge in [-0.05, 0) is 79.0 Å². The van der Waals surface area contributed by atoms with Crippen molar-refractivity contribution in [1.82, 2.24) is 15.5 Å². The fraction of sp³-hybridized carbons (Fsp3) is 0.500. The summed E-state index contributed by atoms with van der Waals surface area (Å²) in [4.78, 5) is 54.8. The van der Waals surface area contributed by atoms with E-state index < -0.39 is 53.2 Å². The lowest BCUT2D eigenvalue weighted by Gasteiger charge is -2.34. The molecule has 3 amide bonds. The predicted molar refractivity (Wildman–Crippen MR) is 158 cm³/mol. The van der Waals surface area contributed by atoms with Crippen LogP contribution in [0.15, 0.2) is 54.6 Å². The van der Waals surface area contributed by atoms with Crippen molar-refractivity contribution in [2.24, 2.45) is 0 Å². The van der Waals surface area contributed by atoms with E-state index in [0.29, 0.717) is 5.56 Å². The highest BCUT2D eigenvalue weighted by atomic mass is 16.6. The number of ether oxygens (including phenoxy) is 2. The molecule has 0 aliphatic carbocycles. The Balaban J connectivity index is 2.44. The predicted octanol–water partition coefficient (Wildman–Crippen LogP) is 4.87. The highest BCUT2D eigenvalue weighted by molar-refractivity contribution is 5.94. The highest BCUT2D eigenvalue weighted by Gasteiger charge is 2.37. The molecule has 0 bridgehead atoms. The van der Waals surface area contributed by atoms with E-state index in [9.17, 15) is 19.2 Å². The molecule has 3 unspecified atom stereocenters. The number of alkyl carbamates (subject to hydrolysis) is 1. The molecule has 2 aromatic carbocycles. The van der Waals surface area contributed by atoms with Crippen molar-refractivity contribution in [3.63, 3.8) is 0 Å². The van der Waals surface area contributed by atoms with Crippen molar-refractivity contribution in [3.8, 4) is 0 Å². The zero-order chi connectivity index (χ0) is 31.0. The lowest BCUT2D eigenvalue weighted by molar-refractivity contribution is -0.159. The van der Waals surface area contributed by atoms with Crippen LogP contribution in [0.2, 0.25) is 0 Å². The second kappa shape index (κ2) is 14.1. The Labute approximate surface area is 244 Å². The van der Waals surface area contributed by atoms with Crippen LogP contribution in [-0.4, -0.2) is 58.6 Å². The van der Waals surface area contributed by atoms with Gasteiger partial charge < -0.3 is 25.0 Å². The van der Waals surface area contributed by atoms with Crippen LogP contribution in [-0.2, 0) is 30.3 Å². The van der Waals surface area contributed by atoms with Gasteiger partial charge in [-0.15, -0.1) is 0 Å². The molecular weight excluding hydrogens is 522 g/mol. The maximum Gasteiger partial charge on any atom is 0.408 e. The summed E-state index contributed by atoms with van der Waals surface area (Å²) in [6.07, 6.45) is -0.530. The van der Waals surface area contributed by atoms with E-state index in [4.69, 9.17) is 9.47 Å². The second-order valence-electron chi connectivity index (χ2n) is 12.0. The number of carbonyl (C=O) groups is 4. The minimum atomic E-state index is -1.07. The van der Waals surface area contributed by atoms with Gasteiger partial charge >= 0.3 is 12.1 Å². The Morgan fingerprint density at radius 1 is 0.829 bits per heavy atom. The summed E-state index contributed by atoms with van der Waals surface area (Å²) in [5, 5.41) is 5.44. The lowest BCUT2D eigenvalue weighted by atomic mass is 9.97. The first-order valence-corrected chi connectivity index (χ1v) is 13.9. The van der Waals surface area contributed by atoms with Crippen LogP contribution in [0.5, 0.6) is 0 Å². The van der Waals surface area contributed by atoms with Gasteiger partial charge in [0.2, 0.25) is 11.8 Å². The molecule has 0 radical (unpaired) electrons. The number of nitrogens with one attached hydrogen (secondary N) is 2. The van der Waals surface area contributed by atoms with E-state index in [-0.39, 0.29) is 13.0 Å². The van der Waals surface area contributed by atoms with Crippen molar-refractivity contribution < 1.29 is 28.7 Å². The average molecular weight is 568 g/mol. The fourth-order valence-electron chi connectivity index (χ4n) is 4.27. The first kappa shape index (κ1) is 33.3. The van der Waals surface area contributed by atoms with Crippen LogP contribution in [0.25, 0.3) is 0 Å². The van der Waals surface area contributed by atoms with Crippen LogP contribution in [0.3, 0.4) is 0 Å². The summed E-state index contributed by atoms with van der Waals surface area (Å²) in [5.41, 5.74) is 0.738. The second-order valence-corrected chi connectivity index (χ2v) is 12.0. The van der Waals surface area contributed by atoms with E-state index in [2.05, 4.69) is 10.6 Å². The van der Waals surface area contributed by atoms with Crippen molar-refractivity contribution in [2.75, 3.05) is 6.54 Å². The lowest BCUT2D eigenvalue weighted by Crippen LogP contribution is -2.54. The molecule has 0 aliphatic heterocycles. The molecule has 2 rings (SSSR count). The van der Waals surface area contributed by atoms with Gasteiger partial charge in [0.25, 0.3) is 0 Å². The molecule has 0 aromatic heterocycles. The quantitative estimate of drug-likeness (QED) is 0.396. The smallest absolute Gasteiger partial charge is 0.408 e. The van der Waals surface area contributed by atoms with Gasteiger partial charge in [-0.1, -0.05) is 54.6 Å². The first-order chi connectivity index (χ1) is 19.0. The van der Waals surface area contributed by atoms with E-state index in [1.165, 1.54) is 4.90 Å². The Morgan fingerprint density at radius 3 is 1.93 bits per heavy atom. The molecule has 0 fully saturated rings. The third kappa shape index (κ3) is 10.6. The van der Waals surface area contributed by atoms with E-state index in [0.717, 1.165) is 11.1 Å². The molecule has 41 heavy (non-hydrogen) atoms. The Bertz CT molecular complexity index is 1200. The molecule has 9 nitrogen and oxygen atoms in total. The minimum Gasteiger partial charge on any atom is -0.458 e. The Morgan fingerprint density at radius 2 is 1.39 bits per heavy atom. The number of rotatable bonds is 10. The summed E-state index contributed by atoms with van der Waals surface area (Å²) in [6.45, 7) is 15.8. The molecule has 224 valence electrons. The number of carbonyl (C=O) groups excluding carboxylic acids is 4. The number of aryl methyl sites for hydroxylation is 1. The summed E-state index contributed by atoms with van der Waals surface area (Å²) in [6, 6.07) is 13.5. The zero-order valence-electron chi connectivity index (χ0n) is 25.7. The number of hydrogen-bond acceptors (Lipinski definition) is 6. The largest absolute Gasteiger partial charge is 0.458 e. The Hall–Kier alpha value is -3.88. The van der Waals surface area contributed by atoms with E-state index in [1.807, 2.05) is 49.4 Å². The van der Waals surface area contributed by atoms with Crippen LogP contribution >= 0.6 is 0 Å². The van der Waals surface area contributed by atoms with Crippen LogP contribution in [0.1, 0.15) is 78.1 Å². The monoisotopic (exact) mass is 567 g/mol. The molecule has 2 aromatic rings. The molecule has 0 saturated heterocycles. The molecule has 9 heteroatoms. The SMILES string of the molecule is CCN(C(=O)C(C)NC(=O)OC(C)(C)C)C(C(=O)NC(Cc1ccccc1)C(=O)OC(C)(C)C)c1ccccc1C. The third-order valence-corrected chi connectivity index (χ3v) is 6.06. The molecule has 2 N–H and O–H groups in total. The number of benzene rings is 2. The first-order valence-electron chi connectivity index (χ1n) is 13.9. The molecule has 0 saturated carbocycles. The molecular formula is C32H45N3O6. The van der Waals surface area contributed by atoms with Gasteiger partial charge in [0, 0.05) is 13.0 Å². The van der Waals surface area contributed by atoms with Gasteiger partial charge in [-0.3, -0.25) is 9.59 Å². The van der Waals surface area contributed by atoms with E-state index in [1.54, 1.807) is 67.5 Å². The molecule has 0 spiro atoms. The minimum absolute atomic E-state index is 0.168. The summed E-state index contributed by atoms with van der Waals surface area (Å²) in [5.74, 6) is -1.59. The number of likely N-dealkylation sites (N-methyl/N-ethyl adjacent to an activating group) is 1. The van der Waals surface area contributed by atoms with Gasteiger partial charge in [0.15, 0.2) is 0 Å². The molecule has 3 atom stereocenters. The standard InChI is InChI=1S/C32H45N3O6/c1-10-35(28(37)22(3)33-30(39)41-32(7,8)9)26(24-19-15-14-16-21(24)2)27(36)34-25(29(38)40-31(4,5)6)20-23-17-12-11-13-18-23/h11-19,22,25-26H,10,20H2,1-9H3,(H,33,39)(H,34,36). The van der Waals surface area contributed by atoms with Crippen molar-refractivity contribution in [3.05, 3.63) is 71.3 Å². The zero-order valence-corrected chi connectivity index (χ0v) is 25.7. The number of hydrogen-bond donors (Lipinski definition) is 2. The number of nitrogens with zero attached hydrogens (tertiary/aromatic N) is 1. The maximum absolute atomic E-state index is 14.1. The van der Waals surface area contributed by atoms with Crippen molar-refractivity contribution >= 4 is 23.9 Å². The van der Waals surface area contributed by atoms with E-state index >= 15 is 0 Å². The van der Waals surface area contributed by atoms with Gasteiger partial charge in [0.05, 0.1) is 0 Å². The third-order valence-electron chi connectivity index (χ3n) is 6.06. The van der Waals surface area contributed by atoms with Crippen LogP contribution < -0.4 is 10.6 Å². The topological polar surface area (TPSA) is 114 Å². The van der Waals surface area contributed by atoms with Gasteiger partial charge in [0.1, 0.15) is 29.3 Å². The fourth-order valence-corrected chi connectivity index (χ4v) is 4.27. The number of esters is 1.